The number of hydrogen-bond donors (Lipinski definition) is 0. The quantitative estimate of drug-likeness (QED) is 0.0450. The molecule has 0 spiro atoms. The summed E-state index contributed by atoms with van der Waals surface area (Å²) in [6.07, 6.45) is 40.8. The van der Waals surface area contributed by atoms with Crippen LogP contribution < -0.4 is 0 Å². The average molecular weight is 836 g/mol. The molecule has 6 nitrogen and oxygen atoms in total. The van der Waals surface area contributed by atoms with Crippen molar-refractivity contribution >= 4 is 11.9 Å². The van der Waals surface area contributed by atoms with Crippen molar-refractivity contribution < 1.29 is 23.8 Å². The first-order valence-corrected chi connectivity index (χ1v) is 26.0. The van der Waals surface area contributed by atoms with Gasteiger partial charge in [-0.2, -0.15) is 0 Å². The van der Waals surface area contributed by atoms with E-state index in [0.717, 1.165) is 103 Å². The Kier molecular flexibility index (Phi) is 38.9. The molecule has 0 aliphatic heterocycles. The van der Waals surface area contributed by atoms with E-state index in [1.807, 2.05) is 27.9 Å². The van der Waals surface area contributed by atoms with Crippen LogP contribution in [0.25, 0.3) is 0 Å². The number of rotatable bonds is 45. The van der Waals surface area contributed by atoms with Crippen LogP contribution in [0.1, 0.15) is 267 Å². The number of carbonyl (C=O) groups is 2. The maximum Gasteiger partial charge on any atom is 0.311 e. The third-order valence-electron chi connectivity index (χ3n) is 12.6. The van der Waals surface area contributed by atoms with Gasteiger partial charge in [0.25, 0.3) is 0 Å². The van der Waals surface area contributed by atoms with Crippen LogP contribution in [0.3, 0.4) is 0 Å². The molecule has 0 aromatic carbocycles. The summed E-state index contributed by atoms with van der Waals surface area (Å²) in [4.78, 5) is 27.7. The summed E-state index contributed by atoms with van der Waals surface area (Å²) in [6.45, 7) is 18.8. The molecule has 2 atom stereocenters. The maximum absolute atomic E-state index is 12.8. The molecule has 0 amide bonds. The van der Waals surface area contributed by atoms with Gasteiger partial charge < -0.3 is 19.1 Å². The van der Waals surface area contributed by atoms with E-state index in [1.165, 1.54) is 135 Å². The zero-order chi connectivity index (χ0) is 43.9. The van der Waals surface area contributed by atoms with Crippen molar-refractivity contribution in [2.75, 3.05) is 40.5 Å². The molecule has 0 saturated carbocycles. The van der Waals surface area contributed by atoms with Crippen LogP contribution in [0.4, 0.5) is 0 Å². The molecule has 0 N–H and O–H groups in total. The number of unbranched alkanes of at least 4 members (excludes halogenated alkanes) is 20. The molecule has 0 aliphatic rings. The Morgan fingerprint density at radius 3 is 1.49 bits per heavy atom. The first-order chi connectivity index (χ1) is 28.4. The number of nitrogens with zero attached hydrogens (tertiary/aromatic N) is 1. The van der Waals surface area contributed by atoms with Crippen molar-refractivity contribution in [1.29, 1.82) is 0 Å². The number of hydrogen-bond acceptors (Lipinski definition) is 6. The molecule has 0 aromatic heterocycles. The largest absolute Gasteiger partial charge is 0.465 e. The topological polar surface area (TPSA) is 65.1 Å². The second-order valence-electron chi connectivity index (χ2n) is 20.3. The van der Waals surface area contributed by atoms with Crippen LogP contribution in [-0.2, 0) is 23.8 Å². The van der Waals surface area contributed by atoms with Crippen LogP contribution in [-0.4, -0.2) is 63.4 Å². The predicted octanol–water partition coefficient (Wildman–Crippen LogP) is 16.0. The molecular formula is C53H105NO5. The van der Waals surface area contributed by atoms with E-state index >= 15 is 0 Å². The fraction of sp³-hybridized carbons (Fsp3) is 0.962. The minimum absolute atomic E-state index is 0.0150. The molecule has 0 heterocycles. The van der Waals surface area contributed by atoms with E-state index in [0.29, 0.717) is 13.0 Å². The summed E-state index contributed by atoms with van der Waals surface area (Å²) in [6, 6.07) is 0. The van der Waals surface area contributed by atoms with E-state index in [2.05, 4.69) is 39.5 Å². The van der Waals surface area contributed by atoms with Crippen molar-refractivity contribution in [2.45, 2.75) is 273 Å². The summed E-state index contributed by atoms with van der Waals surface area (Å²) in [5.74, 6) is 0.709. The van der Waals surface area contributed by atoms with E-state index < -0.39 is 5.41 Å². The normalized spacial score (nSPS) is 13.3. The fourth-order valence-electron chi connectivity index (χ4n) is 8.37. The van der Waals surface area contributed by atoms with Crippen LogP contribution in [0.5, 0.6) is 0 Å². The van der Waals surface area contributed by atoms with Crippen molar-refractivity contribution in [3.63, 3.8) is 0 Å². The minimum Gasteiger partial charge on any atom is -0.465 e. The summed E-state index contributed by atoms with van der Waals surface area (Å²) >= 11 is 0. The standard InChI is InChI=1S/C53H105NO5/c1-10-13-16-19-21-24-29-37-48(36-28-23-18-15-12-3)41-46-57-47-52(4,5)42-32-26-30-38-49(59-50(55)40-35-44-54(8)9)39-31-27-33-43-53(6,7)51(56)58-45-34-25-22-20-17-14-11-2/h48-49H,10-47H2,1-9H3. The fourth-order valence-corrected chi connectivity index (χ4v) is 8.37. The molecule has 0 aromatic rings. The smallest absolute Gasteiger partial charge is 0.311 e. The molecule has 0 aliphatic carbocycles. The Morgan fingerprint density at radius 2 is 0.966 bits per heavy atom. The second-order valence-corrected chi connectivity index (χ2v) is 20.3. The third-order valence-corrected chi connectivity index (χ3v) is 12.6. The third kappa shape index (κ3) is 38.3. The zero-order valence-corrected chi connectivity index (χ0v) is 41.5. The van der Waals surface area contributed by atoms with Gasteiger partial charge in [-0.3, -0.25) is 9.59 Å². The number of esters is 2. The van der Waals surface area contributed by atoms with E-state index in [1.54, 1.807) is 0 Å². The van der Waals surface area contributed by atoms with Gasteiger partial charge in [-0.25, -0.2) is 0 Å². The molecule has 0 fully saturated rings. The highest BCUT2D eigenvalue weighted by molar-refractivity contribution is 5.75. The van der Waals surface area contributed by atoms with Gasteiger partial charge in [-0.15, -0.1) is 0 Å². The highest BCUT2D eigenvalue weighted by Gasteiger charge is 2.28. The van der Waals surface area contributed by atoms with Crippen LogP contribution in [0.2, 0.25) is 0 Å². The lowest BCUT2D eigenvalue weighted by Gasteiger charge is -2.25. The van der Waals surface area contributed by atoms with Gasteiger partial charge in [0.05, 0.1) is 18.6 Å². The van der Waals surface area contributed by atoms with Gasteiger partial charge in [-0.05, 0) is 104 Å². The Bertz CT molecular complexity index is 933. The Hall–Kier alpha value is -1.14. The summed E-state index contributed by atoms with van der Waals surface area (Å²) in [7, 11) is 4.09. The van der Waals surface area contributed by atoms with Crippen LogP contribution in [0.15, 0.2) is 0 Å². The van der Waals surface area contributed by atoms with E-state index in [9.17, 15) is 9.59 Å². The lowest BCUT2D eigenvalue weighted by molar-refractivity contribution is -0.154. The van der Waals surface area contributed by atoms with Crippen molar-refractivity contribution in [3.8, 4) is 0 Å². The molecule has 352 valence electrons. The number of ether oxygens (including phenoxy) is 3. The molecule has 0 radical (unpaired) electrons. The Morgan fingerprint density at radius 1 is 0.508 bits per heavy atom. The zero-order valence-electron chi connectivity index (χ0n) is 41.5. The molecule has 6 heteroatoms. The Balaban J connectivity index is 4.65. The average Bonchev–Trinajstić information content (AvgIpc) is 3.18. The lowest BCUT2D eigenvalue weighted by Crippen LogP contribution is -2.27. The molecular weight excluding hydrogens is 731 g/mol. The molecule has 59 heavy (non-hydrogen) atoms. The highest BCUT2D eigenvalue weighted by Crippen LogP contribution is 2.29. The van der Waals surface area contributed by atoms with Gasteiger partial charge in [0, 0.05) is 13.0 Å². The molecule has 0 saturated heterocycles. The van der Waals surface area contributed by atoms with E-state index in [-0.39, 0.29) is 23.5 Å². The van der Waals surface area contributed by atoms with Crippen molar-refractivity contribution in [1.82, 2.24) is 4.90 Å². The monoisotopic (exact) mass is 836 g/mol. The highest BCUT2D eigenvalue weighted by atomic mass is 16.5. The number of carbonyl (C=O) groups excluding carboxylic acids is 2. The SMILES string of the molecule is CCCCCCCCCOC(=O)C(C)(C)CCCCCC(CCCCCC(C)(C)COCCC(CCCCCCC)CCCCCCCCC)OC(=O)CCCN(C)C. The van der Waals surface area contributed by atoms with Crippen molar-refractivity contribution in [3.05, 3.63) is 0 Å². The van der Waals surface area contributed by atoms with Crippen molar-refractivity contribution in [2.24, 2.45) is 16.7 Å². The first kappa shape index (κ1) is 57.9. The lowest BCUT2D eigenvalue weighted by atomic mass is 9.86. The van der Waals surface area contributed by atoms with Gasteiger partial charge in [0.15, 0.2) is 0 Å². The second kappa shape index (κ2) is 39.7. The first-order valence-electron chi connectivity index (χ1n) is 26.0. The van der Waals surface area contributed by atoms with Crippen LogP contribution >= 0.6 is 0 Å². The van der Waals surface area contributed by atoms with Gasteiger partial charge in [0.2, 0.25) is 0 Å². The molecule has 2 unspecified atom stereocenters. The van der Waals surface area contributed by atoms with Gasteiger partial charge in [0.1, 0.15) is 6.10 Å². The van der Waals surface area contributed by atoms with Gasteiger partial charge >= 0.3 is 11.9 Å². The van der Waals surface area contributed by atoms with Crippen LogP contribution in [0, 0.1) is 16.7 Å². The maximum atomic E-state index is 12.8. The predicted molar refractivity (Wildman–Crippen MR) is 255 cm³/mol. The molecule has 0 rings (SSSR count). The summed E-state index contributed by atoms with van der Waals surface area (Å²) in [5.41, 5.74) is -0.276. The van der Waals surface area contributed by atoms with E-state index in [4.69, 9.17) is 14.2 Å². The minimum atomic E-state index is -0.457. The summed E-state index contributed by atoms with van der Waals surface area (Å²) in [5, 5.41) is 0. The molecule has 0 bridgehead atoms. The Labute approximate surface area is 369 Å². The van der Waals surface area contributed by atoms with Gasteiger partial charge in [-0.1, -0.05) is 189 Å². The summed E-state index contributed by atoms with van der Waals surface area (Å²) < 4.78 is 18.1.